The minimum atomic E-state index is -0.973. The second kappa shape index (κ2) is 3.56. The van der Waals surface area contributed by atoms with Crippen molar-refractivity contribution in [2.75, 3.05) is 0 Å². The second-order valence-corrected chi connectivity index (χ2v) is 5.95. The van der Waals surface area contributed by atoms with E-state index in [-0.39, 0.29) is 23.5 Å². The van der Waals surface area contributed by atoms with Gasteiger partial charge in [0.2, 0.25) is 0 Å². The molecule has 1 N–H and O–H groups in total. The van der Waals surface area contributed by atoms with Crippen molar-refractivity contribution in [1.82, 2.24) is 0 Å². The summed E-state index contributed by atoms with van der Waals surface area (Å²) in [6.45, 7) is 9.72. The predicted octanol–water partition coefficient (Wildman–Crippen LogP) is 1.92. The van der Waals surface area contributed by atoms with Crippen LogP contribution >= 0.6 is 0 Å². The van der Waals surface area contributed by atoms with Crippen molar-refractivity contribution in [3.8, 4) is 0 Å². The lowest BCUT2D eigenvalue weighted by Gasteiger charge is -2.36. The molecule has 0 bridgehead atoms. The van der Waals surface area contributed by atoms with Crippen LogP contribution in [0.2, 0.25) is 0 Å². The highest BCUT2D eigenvalue weighted by molar-refractivity contribution is 5.51. The normalized spacial score (nSPS) is 32.3. The van der Waals surface area contributed by atoms with E-state index in [1.54, 1.807) is 6.92 Å². The van der Waals surface area contributed by atoms with Crippen molar-refractivity contribution in [3.05, 3.63) is 0 Å². The van der Waals surface area contributed by atoms with Crippen molar-refractivity contribution < 1.29 is 14.6 Å². The van der Waals surface area contributed by atoms with E-state index in [2.05, 4.69) is 0 Å². The molecule has 3 heteroatoms. The zero-order valence-corrected chi connectivity index (χ0v) is 10.3. The van der Waals surface area contributed by atoms with E-state index >= 15 is 0 Å². The molecule has 0 aromatic rings. The van der Waals surface area contributed by atoms with Crippen molar-refractivity contribution in [3.63, 3.8) is 0 Å². The third kappa shape index (κ3) is 2.58. The van der Waals surface area contributed by atoms with Gasteiger partial charge in [-0.15, -0.1) is 0 Å². The van der Waals surface area contributed by atoms with Crippen LogP contribution in [0.5, 0.6) is 0 Å². The SMILES string of the molecule is CC1(C)CC(C(C)(O)CC=O)C(C)(C)O1. The van der Waals surface area contributed by atoms with Crippen LogP contribution in [0.15, 0.2) is 0 Å². The lowest BCUT2D eigenvalue weighted by molar-refractivity contribution is -0.123. The molecule has 2 unspecified atom stereocenters. The van der Waals surface area contributed by atoms with E-state index in [0.29, 0.717) is 0 Å². The fraction of sp³-hybridized carbons (Fsp3) is 0.917. The standard InChI is InChI=1S/C12H22O3/c1-10(2)8-9(11(3,4)15-10)12(5,14)6-7-13/h7,9,14H,6,8H2,1-5H3. The van der Waals surface area contributed by atoms with Gasteiger partial charge in [0.15, 0.2) is 0 Å². The molecular formula is C12H22O3. The molecule has 1 aliphatic rings. The molecule has 0 aliphatic carbocycles. The molecule has 2 atom stereocenters. The number of hydrogen-bond acceptors (Lipinski definition) is 3. The smallest absolute Gasteiger partial charge is 0.122 e. The van der Waals surface area contributed by atoms with Crippen LogP contribution in [-0.2, 0) is 9.53 Å². The van der Waals surface area contributed by atoms with Crippen LogP contribution in [0.4, 0.5) is 0 Å². The summed E-state index contributed by atoms with van der Waals surface area (Å²) in [6, 6.07) is 0. The van der Waals surface area contributed by atoms with Crippen molar-refractivity contribution in [2.24, 2.45) is 5.92 Å². The minimum absolute atomic E-state index is 0.00907. The maximum absolute atomic E-state index is 10.5. The topological polar surface area (TPSA) is 46.5 Å². The summed E-state index contributed by atoms with van der Waals surface area (Å²) in [6.07, 6.45) is 1.72. The Morgan fingerprint density at radius 2 is 2.00 bits per heavy atom. The molecule has 1 saturated heterocycles. The monoisotopic (exact) mass is 214 g/mol. The van der Waals surface area contributed by atoms with Gasteiger partial charge in [0.1, 0.15) is 6.29 Å². The molecule has 0 aromatic carbocycles. The van der Waals surface area contributed by atoms with E-state index in [0.717, 1.165) is 12.7 Å². The molecule has 0 amide bonds. The summed E-state index contributed by atoms with van der Waals surface area (Å²) in [4.78, 5) is 10.5. The van der Waals surface area contributed by atoms with Gasteiger partial charge in [0.25, 0.3) is 0 Å². The van der Waals surface area contributed by atoms with Crippen LogP contribution in [-0.4, -0.2) is 28.2 Å². The summed E-state index contributed by atoms with van der Waals surface area (Å²) in [5.74, 6) is -0.00907. The highest BCUT2D eigenvalue weighted by atomic mass is 16.5. The van der Waals surface area contributed by atoms with Crippen molar-refractivity contribution >= 4 is 6.29 Å². The number of carbonyl (C=O) groups excluding carboxylic acids is 1. The van der Waals surface area contributed by atoms with Crippen molar-refractivity contribution in [1.29, 1.82) is 0 Å². The largest absolute Gasteiger partial charge is 0.389 e. The first-order chi connectivity index (χ1) is 6.61. The second-order valence-electron chi connectivity index (χ2n) is 5.95. The van der Waals surface area contributed by atoms with Crippen LogP contribution in [0.25, 0.3) is 0 Å². The van der Waals surface area contributed by atoms with Crippen LogP contribution in [0.1, 0.15) is 47.5 Å². The first-order valence-electron chi connectivity index (χ1n) is 5.47. The van der Waals surface area contributed by atoms with Gasteiger partial charge < -0.3 is 14.6 Å². The van der Waals surface area contributed by atoms with Gasteiger partial charge in [-0.3, -0.25) is 0 Å². The van der Waals surface area contributed by atoms with Crippen LogP contribution in [0.3, 0.4) is 0 Å². The molecule has 1 heterocycles. The Balaban J connectivity index is 2.91. The van der Waals surface area contributed by atoms with Crippen LogP contribution in [0, 0.1) is 5.92 Å². The summed E-state index contributed by atoms with van der Waals surface area (Å²) in [5, 5.41) is 10.3. The summed E-state index contributed by atoms with van der Waals surface area (Å²) < 4.78 is 5.91. The Morgan fingerprint density at radius 3 is 2.33 bits per heavy atom. The molecule has 88 valence electrons. The van der Waals surface area contributed by atoms with Crippen LogP contribution < -0.4 is 0 Å². The Kier molecular flexibility index (Phi) is 3.01. The fourth-order valence-electron chi connectivity index (χ4n) is 2.84. The third-order valence-electron chi connectivity index (χ3n) is 3.32. The summed E-state index contributed by atoms with van der Waals surface area (Å²) in [7, 11) is 0. The van der Waals surface area contributed by atoms with Gasteiger partial charge in [-0.2, -0.15) is 0 Å². The number of aldehydes is 1. The van der Waals surface area contributed by atoms with E-state index < -0.39 is 5.60 Å². The average Bonchev–Trinajstić information content (AvgIpc) is 2.19. The van der Waals surface area contributed by atoms with E-state index in [9.17, 15) is 9.90 Å². The lowest BCUT2D eigenvalue weighted by Crippen LogP contribution is -2.44. The quantitative estimate of drug-likeness (QED) is 0.730. The van der Waals surface area contributed by atoms with E-state index in [1.807, 2.05) is 27.7 Å². The van der Waals surface area contributed by atoms with Gasteiger partial charge in [0, 0.05) is 12.3 Å². The molecule has 1 aliphatic heterocycles. The van der Waals surface area contributed by atoms with Gasteiger partial charge in [0.05, 0.1) is 16.8 Å². The van der Waals surface area contributed by atoms with E-state index in [4.69, 9.17) is 4.74 Å². The third-order valence-corrected chi connectivity index (χ3v) is 3.32. The molecule has 3 nitrogen and oxygen atoms in total. The Bertz CT molecular complexity index is 254. The zero-order chi connectivity index (χ0) is 11.9. The average molecular weight is 214 g/mol. The van der Waals surface area contributed by atoms with Crippen molar-refractivity contribution in [2.45, 2.75) is 64.3 Å². The maximum Gasteiger partial charge on any atom is 0.122 e. The number of aliphatic hydroxyl groups is 1. The Labute approximate surface area is 91.8 Å². The lowest BCUT2D eigenvalue weighted by atomic mass is 9.74. The first kappa shape index (κ1) is 12.7. The molecule has 1 fully saturated rings. The highest BCUT2D eigenvalue weighted by Gasteiger charge is 2.52. The number of carbonyl (C=O) groups is 1. The molecule has 0 saturated carbocycles. The van der Waals surface area contributed by atoms with Gasteiger partial charge in [-0.05, 0) is 41.0 Å². The zero-order valence-electron chi connectivity index (χ0n) is 10.3. The van der Waals surface area contributed by atoms with Gasteiger partial charge in [-0.25, -0.2) is 0 Å². The number of hydrogen-bond donors (Lipinski definition) is 1. The Hall–Kier alpha value is -0.410. The first-order valence-corrected chi connectivity index (χ1v) is 5.47. The number of rotatable bonds is 3. The molecular weight excluding hydrogens is 192 g/mol. The molecule has 0 radical (unpaired) electrons. The van der Waals surface area contributed by atoms with Gasteiger partial charge in [-0.1, -0.05) is 0 Å². The molecule has 1 rings (SSSR count). The molecule has 0 aromatic heterocycles. The maximum atomic E-state index is 10.5. The predicted molar refractivity (Wildman–Crippen MR) is 58.7 cm³/mol. The summed E-state index contributed by atoms with van der Waals surface area (Å²) >= 11 is 0. The highest BCUT2D eigenvalue weighted by Crippen LogP contribution is 2.47. The Morgan fingerprint density at radius 1 is 1.47 bits per heavy atom. The fourth-order valence-corrected chi connectivity index (χ4v) is 2.84. The molecule has 0 spiro atoms. The summed E-state index contributed by atoms with van der Waals surface area (Å²) in [5.41, 5.74) is -1.57. The van der Waals surface area contributed by atoms with Gasteiger partial charge >= 0.3 is 0 Å². The molecule has 15 heavy (non-hydrogen) atoms. The number of ether oxygens (including phenoxy) is 1. The minimum Gasteiger partial charge on any atom is -0.389 e. The van der Waals surface area contributed by atoms with E-state index in [1.165, 1.54) is 0 Å².